The van der Waals surface area contributed by atoms with Crippen LogP contribution < -0.4 is 0 Å². The van der Waals surface area contributed by atoms with Crippen molar-refractivity contribution in [1.82, 2.24) is 9.78 Å². The molecule has 1 aromatic carbocycles. The van der Waals surface area contributed by atoms with E-state index in [0.29, 0.717) is 6.54 Å². The van der Waals surface area contributed by atoms with Crippen LogP contribution in [0.25, 0.3) is 0 Å². The summed E-state index contributed by atoms with van der Waals surface area (Å²) in [5.41, 5.74) is 3.84. The number of hydrogen-bond donors (Lipinski definition) is 0. The number of nitrogens with zero attached hydrogens (tertiary/aromatic N) is 2. The van der Waals surface area contributed by atoms with Crippen molar-refractivity contribution in [2.24, 2.45) is 0 Å². The highest BCUT2D eigenvalue weighted by atomic mass is 79.9. The maximum absolute atomic E-state index is 12.3. The van der Waals surface area contributed by atoms with Crippen molar-refractivity contribution in [2.75, 3.05) is 0 Å². The number of hydrogen-bond acceptors (Lipinski definition) is 3. The zero-order chi connectivity index (χ0) is 18.6. The van der Waals surface area contributed by atoms with E-state index in [2.05, 4.69) is 41.9 Å². The third-order valence-electron chi connectivity index (χ3n) is 3.91. The summed E-state index contributed by atoms with van der Waals surface area (Å²) in [4.78, 5) is 12.3. The molecule has 0 atom stereocenters. The van der Waals surface area contributed by atoms with E-state index in [1.165, 1.54) is 5.56 Å². The van der Waals surface area contributed by atoms with Crippen LogP contribution in [0.3, 0.4) is 0 Å². The quantitative estimate of drug-likeness (QED) is 0.652. The van der Waals surface area contributed by atoms with E-state index in [1.54, 1.807) is 0 Å². The SMILES string of the molecule is CCc1nn(Cc2ccc(Br)cc2)c(CC)c1CC(=O)OC(C)(C)C. The number of halogens is 1. The van der Waals surface area contributed by atoms with Crippen molar-refractivity contribution in [3.63, 3.8) is 0 Å². The number of benzene rings is 1. The van der Waals surface area contributed by atoms with Gasteiger partial charge in [-0.15, -0.1) is 0 Å². The molecule has 1 heterocycles. The number of aromatic nitrogens is 2. The summed E-state index contributed by atoms with van der Waals surface area (Å²) in [6, 6.07) is 8.24. The summed E-state index contributed by atoms with van der Waals surface area (Å²) in [6.45, 7) is 10.6. The Kier molecular flexibility index (Phi) is 6.44. The summed E-state index contributed by atoms with van der Waals surface area (Å²) < 4.78 is 8.59. The fourth-order valence-electron chi connectivity index (χ4n) is 2.89. The normalized spacial score (nSPS) is 11.6. The van der Waals surface area contributed by atoms with Crippen LogP contribution in [0.5, 0.6) is 0 Å². The Balaban J connectivity index is 2.28. The minimum Gasteiger partial charge on any atom is -0.460 e. The van der Waals surface area contributed by atoms with Gasteiger partial charge in [0.05, 0.1) is 18.7 Å². The van der Waals surface area contributed by atoms with Gasteiger partial charge >= 0.3 is 5.97 Å². The van der Waals surface area contributed by atoms with E-state index in [-0.39, 0.29) is 12.4 Å². The Morgan fingerprint density at radius 1 is 1.16 bits per heavy atom. The second-order valence-electron chi connectivity index (χ2n) is 7.13. The molecule has 0 aliphatic heterocycles. The molecule has 1 aromatic heterocycles. The molecular formula is C20H27BrN2O2. The highest BCUT2D eigenvalue weighted by Crippen LogP contribution is 2.21. The maximum atomic E-state index is 12.3. The molecule has 0 unspecified atom stereocenters. The van der Waals surface area contributed by atoms with Gasteiger partial charge in [0.25, 0.3) is 0 Å². The zero-order valence-electron chi connectivity index (χ0n) is 15.7. The van der Waals surface area contributed by atoms with E-state index in [9.17, 15) is 4.79 Å². The standard InChI is InChI=1S/C20H27BrN2O2/c1-6-17-16(12-19(24)25-20(3,4)5)18(7-2)23(22-17)13-14-8-10-15(21)11-9-14/h8-11H,6-7,12-13H2,1-5H3. The first-order valence-corrected chi connectivity index (χ1v) is 9.56. The molecule has 0 radical (unpaired) electrons. The molecule has 0 fully saturated rings. The molecular weight excluding hydrogens is 380 g/mol. The first-order valence-electron chi connectivity index (χ1n) is 8.77. The fourth-order valence-corrected chi connectivity index (χ4v) is 3.15. The maximum Gasteiger partial charge on any atom is 0.310 e. The van der Waals surface area contributed by atoms with E-state index < -0.39 is 5.60 Å². The highest BCUT2D eigenvalue weighted by Gasteiger charge is 2.22. The number of ether oxygens (including phenoxy) is 1. The molecule has 0 amide bonds. The zero-order valence-corrected chi connectivity index (χ0v) is 17.3. The van der Waals surface area contributed by atoms with Gasteiger partial charge in [0.2, 0.25) is 0 Å². The number of esters is 1. The molecule has 136 valence electrons. The molecule has 0 aliphatic rings. The molecule has 0 bridgehead atoms. The molecule has 0 N–H and O–H groups in total. The summed E-state index contributed by atoms with van der Waals surface area (Å²) >= 11 is 3.46. The second kappa shape index (κ2) is 8.17. The predicted octanol–water partition coefficient (Wildman–Crippen LogP) is 4.70. The van der Waals surface area contributed by atoms with Crippen molar-refractivity contribution in [3.05, 3.63) is 51.3 Å². The topological polar surface area (TPSA) is 44.1 Å². The molecule has 2 aromatic rings. The Bertz CT molecular complexity index is 727. The molecule has 0 spiro atoms. The molecule has 5 heteroatoms. The summed E-state index contributed by atoms with van der Waals surface area (Å²) in [5.74, 6) is -0.194. The van der Waals surface area contributed by atoms with Crippen molar-refractivity contribution in [2.45, 2.75) is 66.0 Å². The molecule has 0 saturated carbocycles. The Labute approximate surface area is 158 Å². The number of carbonyl (C=O) groups is 1. The summed E-state index contributed by atoms with van der Waals surface area (Å²) in [7, 11) is 0. The van der Waals surface area contributed by atoms with Gasteiger partial charge in [-0.2, -0.15) is 5.10 Å². The third kappa shape index (κ3) is 5.43. The molecule has 0 aliphatic carbocycles. The van der Waals surface area contributed by atoms with Crippen LogP contribution in [0.1, 0.15) is 57.1 Å². The van der Waals surface area contributed by atoms with Crippen LogP contribution in [0, 0.1) is 0 Å². The summed E-state index contributed by atoms with van der Waals surface area (Å²) in [6.07, 6.45) is 1.92. The Morgan fingerprint density at radius 2 is 1.80 bits per heavy atom. The average molecular weight is 407 g/mol. The Hall–Kier alpha value is -1.62. The smallest absolute Gasteiger partial charge is 0.310 e. The first-order chi connectivity index (χ1) is 11.7. The van der Waals surface area contributed by atoms with Crippen LogP contribution in [0.4, 0.5) is 0 Å². The molecule has 0 saturated heterocycles. The highest BCUT2D eigenvalue weighted by molar-refractivity contribution is 9.10. The lowest BCUT2D eigenvalue weighted by Crippen LogP contribution is -2.25. The van der Waals surface area contributed by atoms with Crippen LogP contribution in [0.15, 0.2) is 28.7 Å². The lowest BCUT2D eigenvalue weighted by molar-refractivity contribution is -0.153. The van der Waals surface area contributed by atoms with E-state index in [0.717, 1.165) is 34.3 Å². The molecule has 2 rings (SSSR count). The van der Waals surface area contributed by atoms with E-state index >= 15 is 0 Å². The lowest BCUT2D eigenvalue weighted by atomic mass is 10.1. The van der Waals surface area contributed by atoms with E-state index in [1.807, 2.05) is 37.6 Å². The van der Waals surface area contributed by atoms with Gasteiger partial charge in [-0.3, -0.25) is 9.48 Å². The number of aryl methyl sites for hydroxylation is 1. The largest absolute Gasteiger partial charge is 0.460 e. The monoisotopic (exact) mass is 406 g/mol. The fraction of sp³-hybridized carbons (Fsp3) is 0.500. The van der Waals surface area contributed by atoms with Gasteiger partial charge in [0.15, 0.2) is 0 Å². The first kappa shape index (κ1) is 19.7. The van der Waals surface area contributed by atoms with Crippen molar-refractivity contribution in [1.29, 1.82) is 0 Å². The van der Waals surface area contributed by atoms with Gasteiger partial charge in [-0.25, -0.2) is 0 Å². The minimum atomic E-state index is -0.469. The Morgan fingerprint density at radius 3 is 2.32 bits per heavy atom. The van der Waals surface area contributed by atoms with Crippen LogP contribution >= 0.6 is 15.9 Å². The van der Waals surface area contributed by atoms with Gasteiger partial charge < -0.3 is 4.74 Å². The number of carbonyl (C=O) groups excluding carboxylic acids is 1. The van der Waals surface area contributed by atoms with E-state index in [4.69, 9.17) is 9.84 Å². The number of rotatable bonds is 6. The molecule has 4 nitrogen and oxygen atoms in total. The average Bonchev–Trinajstić information content (AvgIpc) is 2.84. The van der Waals surface area contributed by atoms with Gasteiger partial charge in [-0.05, 0) is 51.3 Å². The van der Waals surface area contributed by atoms with Gasteiger partial charge in [0.1, 0.15) is 5.60 Å². The predicted molar refractivity (Wildman–Crippen MR) is 104 cm³/mol. The lowest BCUT2D eigenvalue weighted by Gasteiger charge is -2.19. The summed E-state index contributed by atoms with van der Waals surface area (Å²) in [5, 5.41) is 4.76. The van der Waals surface area contributed by atoms with Crippen molar-refractivity contribution < 1.29 is 9.53 Å². The van der Waals surface area contributed by atoms with Gasteiger partial charge in [0, 0.05) is 15.7 Å². The molecule has 25 heavy (non-hydrogen) atoms. The van der Waals surface area contributed by atoms with Crippen LogP contribution in [-0.2, 0) is 35.3 Å². The van der Waals surface area contributed by atoms with Crippen LogP contribution in [0.2, 0.25) is 0 Å². The van der Waals surface area contributed by atoms with Crippen LogP contribution in [-0.4, -0.2) is 21.4 Å². The van der Waals surface area contributed by atoms with Crippen molar-refractivity contribution >= 4 is 21.9 Å². The third-order valence-corrected chi connectivity index (χ3v) is 4.43. The second-order valence-corrected chi connectivity index (χ2v) is 8.04. The minimum absolute atomic E-state index is 0.194. The van der Waals surface area contributed by atoms with Crippen molar-refractivity contribution in [3.8, 4) is 0 Å². The van der Waals surface area contributed by atoms with Gasteiger partial charge in [-0.1, -0.05) is 41.9 Å².